The van der Waals surface area contributed by atoms with Crippen LogP contribution in [0.15, 0.2) is 47.4 Å². The molecule has 0 aliphatic rings. The molecular weight excluding hydrogens is 521 g/mol. The fourth-order valence-electron chi connectivity index (χ4n) is 3.02. The number of amides is 2. The zero-order chi connectivity index (χ0) is 25.6. The maximum atomic E-state index is 13.3. The van der Waals surface area contributed by atoms with Crippen molar-refractivity contribution in [2.75, 3.05) is 20.1 Å². The first-order chi connectivity index (χ1) is 15.8. The van der Waals surface area contributed by atoms with Crippen molar-refractivity contribution in [3.63, 3.8) is 0 Å². The molecule has 0 aliphatic heterocycles. The third kappa shape index (κ3) is 7.58. The van der Waals surface area contributed by atoms with Gasteiger partial charge in [-0.1, -0.05) is 54.7 Å². The molecule has 2 amide bonds. The maximum Gasteiger partial charge on any atom is 0.243 e. The number of hydrogen-bond donors (Lipinski definition) is 1. The van der Waals surface area contributed by atoms with Crippen LogP contribution in [0.25, 0.3) is 0 Å². The van der Waals surface area contributed by atoms with Crippen molar-refractivity contribution in [3.05, 3.63) is 63.1 Å². The number of halogens is 3. The van der Waals surface area contributed by atoms with Crippen LogP contribution in [0.1, 0.15) is 26.3 Å². The standard InChI is InChI=1S/C23H28Cl3N3O4S/c1-15(2)12-27-23(31)16(3)29(13-17-5-6-19(25)11-21(17)26)22(30)14-28(4)34(32,33)20-9-7-18(24)8-10-20/h5-11,15-16H,12-14H2,1-4H3,(H,27,31)/t16-/m1/s1. The Morgan fingerprint density at radius 2 is 1.56 bits per heavy atom. The summed E-state index contributed by atoms with van der Waals surface area (Å²) >= 11 is 18.1. The number of nitrogens with one attached hydrogen (secondary N) is 1. The summed E-state index contributed by atoms with van der Waals surface area (Å²) in [5, 5.41) is 3.97. The van der Waals surface area contributed by atoms with Gasteiger partial charge in [0.15, 0.2) is 0 Å². The van der Waals surface area contributed by atoms with Crippen molar-refractivity contribution in [1.29, 1.82) is 0 Å². The molecule has 1 N–H and O–H groups in total. The predicted molar refractivity (Wildman–Crippen MR) is 136 cm³/mol. The van der Waals surface area contributed by atoms with Gasteiger partial charge in [-0.3, -0.25) is 9.59 Å². The van der Waals surface area contributed by atoms with Gasteiger partial charge >= 0.3 is 0 Å². The summed E-state index contributed by atoms with van der Waals surface area (Å²) in [5.74, 6) is -0.685. The van der Waals surface area contributed by atoms with Gasteiger partial charge in [0.1, 0.15) is 6.04 Å². The van der Waals surface area contributed by atoms with Crippen molar-refractivity contribution in [2.24, 2.45) is 5.92 Å². The van der Waals surface area contributed by atoms with Gasteiger partial charge in [-0.05, 0) is 54.8 Å². The van der Waals surface area contributed by atoms with Crippen molar-refractivity contribution in [3.8, 4) is 0 Å². The molecular formula is C23H28Cl3N3O4S. The molecule has 34 heavy (non-hydrogen) atoms. The topological polar surface area (TPSA) is 86.8 Å². The average molecular weight is 549 g/mol. The molecule has 11 heteroatoms. The number of nitrogens with zero attached hydrogens (tertiary/aromatic N) is 2. The Balaban J connectivity index is 2.29. The lowest BCUT2D eigenvalue weighted by Crippen LogP contribution is -2.51. The zero-order valence-corrected chi connectivity index (χ0v) is 22.5. The normalized spacial score (nSPS) is 12.6. The zero-order valence-electron chi connectivity index (χ0n) is 19.4. The summed E-state index contributed by atoms with van der Waals surface area (Å²) in [6.07, 6.45) is 0. The van der Waals surface area contributed by atoms with Crippen LogP contribution in [0.5, 0.6) is 0 Å². The highest BCUT2D eigenvalue weighted by Gasteiger charge is 2.30. The molecule has 0 aliphatic carbocycles. The second-order valence-corrected chi connectivity index (χ2v) is 11.6. The van der Waals surface area contributed by atoms with Gasteiger partial charge < -0.3 is 10.2 Å². The van der Waals surface area contributed by atoms with Gasteiger partial charge in [0.25, 0.3) is 0 Å². The highest BCUT2D eigenvalue weighted by molar-refractivity contribution is 7.89. The minimum absolute atomic E-state index is 0.0000661. The average Bonchev–Trinajstić information content (AvgIpc) is 2.76. The number of benzene rings is 2. The lowest BCUT2D eigenvalue weighted by Gasteiger charge is -2.30. The third-order valence-corrected chi connectivity index (χ3v) is 7.74. The Bertz CT molecular complexity index is 1120. The van der Waals surface area contributed by atoms with Gasteiger partial charge in [0, 0.05) is 35.2 Å². The molecule has 0 aromatic heterocycles. The van der Waals surface area contributed by atoms with E-state index in [1.54, 1.807) is 25.1 Å². The Hall–Kier alpha value is -1.84. The number of sulfonamides is 1. The first kappa shape index (κ1) is 28.4. The lowest BCUT2D eigenvalue weighted by molar-refractivity contribution is -0.140. The van der Waals surface area contributed by atoms with E-state index in [1.807, 2.05) is 13.8 Å². The molecule has 186 valence electrons. The lowest BCUT2D eigenvalue weighted by atomic mass is 10.1. The highest BCUT2D eigenvalue weighted by atomic mass is 35.5. The van der Waals surface area contributed by atoms with Crippen LogP contribution < -0.4 is 5.32 Å². The van der Waals surface area contributed by atoms with Crippen LogP contribution in [0, 0.1) is 5.92 Å². The molecule has 0 bridgehead atoms. The largest absolute Gasteiger partial charge is 0.354 e. The van der Waals surface area contributed by atoms with Crippen LogP contribution in [0.2, 0.25) is 15.1 Å². The quantitative estimate of drug-likeness (QED) is 0.475. The molecule has 0 fully saturated rings. The summed E-state index contributed by atoms with van der Waals surface area (Å²) in [4.78, 5) is 27.4. The molecule has 0 heterocycles. The Morgan fingerprint density at radius 3 is 2.12 bits per heavy atom. The first-order valence-corrected chi connectivity index (χ1v) is 13.1. The van der Waals surface area contributed by atoms with Crippen LogP contribution in [0.3, 0.4) is 0 Å². The highest BCUT2D eigenvalue weighted by Crippen LogP contribution is 2.24. The van der Waals surface area contributed by atoms with E-state index in [1.165, 1.54) is 36.2 Å². The minimum Gasteiger partial charge on any atom is -0.354 e. The Labute approximate surface area is 216 Å². The van der Waals surface area contributed by atoms with Crippen LogP contribution in [-0.2, 0) is 26.2 Å². The molecule has 2 aromatic carbocycles. The number of carbonyl (C=O) groups is 2. The Kier molecular flexibility index (Phi) is 10.2. The van der Waals surface area contributed by atoms with Gasteiger partial charge in [-0.2, -0.15) is 4.31 Å². The van der Waals surface area contributed by atoms with E-state index in [0.29, 0.717) is 27.2 Å². The predicted octanol–water partition coefficient (Wildman–Crippen LogP) is 4.46. The van der Waals surface area contributed by atoms with E-state index in [4.69, 9.17) is 34.8 Å². The van der Waals surface area contributed by atoms with Crippen molar-refractivity contribution in [1.82, 2.24) is 14.5 Å². The summed E-state index contributed by atoms with van der Waals surface area (Å²) in [6, 6.07) is 9.62. The number of rotatable bonds is 10. The van der Waals surface area contributed by atoms with Crippen LogP contribution in [-0.4, -0.2) is 55.6 Å². The van der Waals surface area contributed by atoms with Gasteiger partial charge in [-0.25, -0.2) is 8.42 Å². The SMILES string of the molecule is CC(C)CNC(=O)[C@@H](C)N(Cc1ccc(Cl)cc1Cl)C(=O)CN(C)S(=O)(=O)c1ccc(Cl)cc1. The molecule has 1 atom stereocenters. The van der Waals surface area contributed by atoms with Crippen LogP contribution in [0.4, 0.5) is 0 Å². The number of likely N-dealkylation sites (N-methyl/N-ethyl adjacent to an activating group) is 1. The van der Waals surface area contributed by atoms with Crippen molar-refractivity contribution >= 4 is 56.6 Å². The smallest absolute Gasteiger partial charge is 0.243 e. The van der Waals surface area contributed by atoms with E-state index < -0.39 is 28.5 Å². The fraction of sp³-hybridized carbons (Fsp3) is 0.391. The summed E-state index contributed by atoms with van der Waals surface area (Å²) in [7, 11) is -2.65. The summed E-state index contributed by atoms with van der Waals surface area (Å²) in [5.41, 5.74) is 0.575. The monoisotopic (exact) mass is 547 g/mol. The van der Waals surface area contributed by atoms with Crippen molar-refractivity contribution in [2.45, 2.75) is 38.3 Å². The Morgan fingerprint density at radius 1 is 0.971 bits per heavy atom. The second kappa shape index (κ2) is 12.2. The minimum atomic E-state index is -3.96. The maximum absolute atomic E-state index is 13.3. The molecule has 2 aromatic rings. The van der Waals surface area contributed by atoms with Crippen molar-refractivity contribution < 1.29 is 18.0 Å². The van der Waals surface area contributed by atoms with E-state index in [0.717, 1.165) is 4.31 Å². The summed E-state index contributed by atoms with van der Waals surface area (Å²) < 4.78 is 26.8. The number of carbonyl (C=O) groups excluding carboxylic acids is 2. The molecule has 0 radical (unpaired) electrons. The first-order valence-electron chi connectivity index (χ1n) is 10.6. The molecule has 0 saturated heterocycles. The van der Waals surface area contributed by atoms with Gasteiger partial charge in [0.05, 0.1) is 11.4 Å². The van der Waals surface area contributed by atoms with E-state index in [-0.39, 0.29) is 23.3 Å². The van der Waals surface area contributed by atoms with E-state index in [2.05, 4.69) is 5.32 Å². The van der Waals surface area contributed by atoms with E-state index in [9.17, 15) is 18.0 Å². The summed E-state index contributed by atoms with van der Waals surface area (Å²) in [6.45, 7) is 5.47. The molecule has 0 saturated carbocycles. The van der Waals surface area contributed by atoms with E-state index >= 15 is 0 Å². The number of hydrogen-bond acceptors (Lipinski definition) is 4. The van der Waals surface area contributed by atoms with Crippen LogP contribution >= 0.6 is 34.8 Å². The molecule has 0 unspecified atom stereocenters. The second-order valence-electron chi connectivity index (χ2n) is 8.29. The third-order valence-electron chi connectivity index (χ3n) is 5.09. The van der Waals surface area contributed by atoms with Gasteiger partial charge in [-0.15, -0.1) is 0 Å². The van der Waals surface area contributed by atoms with Gasteiger partial charge in [0.2, 0.25) is 21.8 Å². The molecule has 2 rings (SSSR count). The molecule has 7 nitrogen and oxygen atoms in total. The fourth-order valence-corrected chi connectivity index (χ4v) is 4.74. The molecule has 0 spiro atoms.